The molecule has 2 amide bonds. The Kier molecular flexibility index (Phi) is 8.15. The molecule has 0 aliphatic carbocycles. The van der Waals surface area contributed by atoms with Crippen molar-refractivity contribution in [2.75, 3.05) is 12.0 Å². The summed E-state index contributed by atoms with van der Waals surface area (Å²) < 4.78 is 45.0. The Morgan fingerprint density at radius 3 is 2.35 bits per heavy atom. The SMILES string of the molecule is COC(=O)N(c1cnc[nH]1)c1ccc(-c2ccccc2)n(CC(=O)NC(C(=O)C(F)(F)F)C(C)C)c1=O. The van der Waals surface area contributed by atoms with Gasteiger partial charge < -0.3 is 15.0 Å². The molecule has 10 nitrogen and oxygen atoms in total. The monoisotopic (exact) mass is 519 g/mol. The predicted molar refractivity (Wildman–Crippen MR) is 127 cm³/mol. The molecule has 1 unspecified atom stereocenters. The second kappa shape index (κ2) is 11.1. The van der Waals surface area contributed by atoms with E-state index in [0.717, 1.165) is 16.6 Å². The van der Waals surface area contributed by atoms with Crippen molar-refractivity contribution in [2.45, 2.75) is 32.6 Å². The molecule has 3 rings (SSSR count). The second-order valence-electron chi connectivity index (χ2n) is 8.25. The van der Waals surface area contributed by atoms with Crippen LogP contribution in [0.15, 0.2) is 59.8 Å². The number of alkyl halides is 3. The van der Waals surface area contributed by atoms with Gasteiger partial charge in [0.2, 0.25) is 5.91 Å². The third-order valence-corrected chi connectivity index (χ3v) is 5.39. The highest BCUT2D eigenvalue weighted by Gasteiger charge is 2.45. The number of ketones is 1. The van der Waals surface area contributed by atoms with E-state index in [0.29, 0.717) is 5.56 Å². The minimum Gasteiger partial charge on any atom is -0.452 e. The molecule has 2 heterocycles. The molecule has 0 aliphatic rings. The van der Waals surface area contributed by atoms with Crippen molar-refractivity contribution < 1.29 is 32.3 Å². The number of halogens is 3. The van der Waals surface area contributed by atoms with E-state index in [-0.39, 0.29) is 17.2 Å². The average Bonchev–Trinajstić information content (AvgIpc) is 3.38. The molecule has 13 heteroatoms. The van der Waals surface area contributed by atoms with Crippen LogP contribution in [0.5, 0.6) is 0 Å². The molecular weight excluding hydrogens is 495 g/mol. The molecule has 196 valence electrons. The van der Waals surface area contributed by atoms with E-state index >= 15 is 0 Å². The summed E-state index contributed by atoms with van der Waals surface area (Å²) in [6.45, 7) is 1.98. The summed E-state index contributed by atoms with van der Waals surface area (Å²) in [5, 5.41) is 2.10. The zero-order chi connectivity index (χ0) is 27.3. The maximum atomic E-state index is 13.6. The van der Waals surface area contributed by atoms with Crippen LogP contribution in [-0.2, 0) is 20.9 Å². The third kappa shape index (κ3) is 6.05. The van der Waals surface area contributed by atoms with Crippen molar-refractivity contribution in [2.24, 2.45) is 5.92 Å². The van der Waals surface area contributed by atoms with E-state index in [9.17, 15) is 32.3 Å². The first-order chi connectivity index (χ1) is 17.5. The number of nitrogens with one attached hydrogen (secondary N) is 2. The zero-order valence-corrected chi connectivity index (χ0v) is 20.1. The summed E-state index contributed by atoms with van der Waals surface area (Å²) in [6, 6.07) is 9.44. The molecule has 2 aromatic heterocycles. The first-order valence-corrected chi connectivity index (χ1v) is 11.0. The number of pyridine rings is 1. The van der Waals surface area contributed by atoms with Gasteiger partial charge in [-0.2, -0.15) is 13.2 Å². The van der Waals surface area contributed by atoms with E-state index in [1.165, 1.54) is 38.5 Å². The molecule has 0 saturated carbocycles. The largest absolute Gasteiger partial charge is 0.452 e. The van der Waals surface area contributed by atoms with Crippen molar-refractivity contribution in [1.82, 2.24) is 19.9 Å². The number of benzene rings is 1. The number of anilines is 2. The smallest absolute Gasteiger partial charge is 0.452 e. The van der Waals surface area contributed by atoms with Gasteiger partial charge in [-0.05, 0) is 23.6 Å². The molecule has 0 spiro atoms. The molecule has 0 bridgehead atoms. The third-order valence-electron chi connectivity index (χ3n) is 5.39. The molecule has 37 heavy (non-hydrogen) atoms. The summed E-state index contributed by atoms with van der Waals surface area (Å²) in [4.78, 5) is 58.3. The molecule has 0 fully saturated rings. The number of Topliss-reactive ketones (excluding diaryl/α,β-unsaturated/α-hetero) is 1. The van der Waals surface area contributed by atoms with Crippen molar-refractivity contribution >= 4 is 29.3 Å². The maximum absolute atomic E-state index is 13.6. The van der Waals surface area contributed by atoms with Crippen molar-refractivity contribution in [3.05, 3.63) is 65.3 Å². The van der Waals surface area contributed by atoms with Gasteiger partial charge in [0.25, 0.3) is 11.3 Å². The standard InChI is InChI=1S/C24H24F3N5O5/c1-14(2)20(21(34)24(25,26)27)30-19(33)12-31-16(15-7-5-4-6-8-15)9-10-17(22(31)35)32(23(36)37-3)18-11-28-13-29-18/h4-11,13-14,20H,12H2,1-3H3,(H,28,29)(H,30,33). The molecular formula is C24H24F3N5O5. The van der Waals surface area contributed by atoms with E-state index in [2.05, 4.69) is 15.3 Å². The fraction of sp³-hybridized carbons (Fsp3) is 0.292. The highest BCUT2D eigenvalue weighted by Crippen LogP contribution is 2.25. The summed E-state index contributed by atoms with van der Waals surface area (Å²) in [5.41, 5.74) is -0.255. The van der Waals surface area contributed by atoms with Crippen LogP contribution in [-0.4, -0.2) is 51.6 Å². The summed E-state index contributed by atoms with van der Waals surface area (Å²) >= 11 is 0. The number of nitrogens with zero attached hydrogens (tertiary/aromatic N) is 3. The number of imidazole rings is 1. The van der Waals surface area contributed by atoms with Crippen LogP contribution in [0.3, 0.4) is 0 Å². The number of amides is 2. The van der Waals surface area contributed by atoms with E-state index in [1.807, 2.05) is 0 Å². The predicted octanol–water partition coefficient (Wildman–Crippen LogP) is 3.42. The molecule has 0 aliphatic heterocycles. The summed E-state index contributed by atoms with van der Waals surface area (Å²) in [5.74, 6) is -3.87. The fourth-order valence-electron chi connectivity index (χ4n) is 3.62. The Morgan fingerprint density at radius 2 is 1.81 bits per heavy atom. The molecule has 0 radical (unpaired) electrons. The number of rotatable bonds is 8. The Hall–Kier alpha value is -4.42. The van der Waals surface area contributed by atoms with Crippen LogP contribution in [0, 0.1) is 5.92 Å². The molecule has 2 N–H and O–H groups in total. The zero-order valence-electron chi connectivity index (χ0n) is 20.1. The number of ether oxygens (including phenoxy) is 1. The van der Waals surface area contributed by atoms with E-state index < -0.39 is 48.0 Å². The number of carbonyl (C=O) groups excluding carboxylic acids is 3. The number of aromatic amines is 1. The Bertz CT molecular complexity index is 1320. The number of hydrogen-bond donors (Lipinski definition) is 2. The van der Waals surface area contributed by atoms with Crippen LogP contribution in [0.25, 0.3) is 11.3 Å². The minimum absolute atomic E-state index is 0.100. The van der Waals surface area contributed by atoms with Crippen LogP contribution in [0.4, 0.5) is 29.5 Å². The molecule has 0 saturated heterocycles. The van der Waals surface area contributed by atoms with Gasteiger partial charge in [-0.1, -0.05) is 44.2 Å². The van der Waals surface area contributed by atoms with Crippen molar-refractivity contribution in [3.63, 3.8) is 0 Å². The number of hydrogen-bond acceptors (Lipinski definition) is 6. The average molecular weight is 519 g/mol. The number of H-pyrrole nitrogens is 1. The second-order valence-corrected chi connectivity index (χ2v) is 8.25. The summed E-state index contributed by atoms with van der Waals surface area (Å²) in [6.07, 6.45) is -3.53. The van der Waals surface area contributed by atoms with E-state index in [1.54, 1.807) is 30.3 Å². The quantitative estimate of drug-likeness (QED) is 0.470. The molecule has 1 aromatic carbocycles. The number of carbonyl (C=O) groups is 3. The van der Waals surface area contributed by atoms with Gasteiger partial charge in [0.15, 0.2) is 0 Å². The van der Waals surface area contributed by atoms with Crippen LogP contribution in [0.2, 0.25) is 0 Å². The Morgan fingerprint density at radius 1 is 1.14 bits per heavy atom. The van der Waals surface area contributed by atoms with Crippen LogP contribution >= 0.6 is 0 Å². The van der Waals surface area contributed by atoms with Gasteiger partial charge in [-0.25, -0.2) is 14.7 Å². The van der Waals surface area contributed by atoms with Gasteiger partial charge >= 0.3 is 12.3 Å². The lowest BCUT2D eigenvalue weighted by Crippen LogP contribution is -2.51. The van der Waals surface area contributed by atoms with Crippen LogP contribution < -0.4 is 15.8 Å². The van der Waals surface area contributed by atoms with Crippen molar-refractivity contribution in [3.8, 4) is 11.3 Å². The normalized spacial score (nSPS) is 12.2. The Balaban J connectivity index is 2.09. The highest BCUT2D eigenvalue weighted by atomic mass is 19.4. The fourth-order valence-corrected chi connectivity index (χ4v) is 3.62. The van der Waals surface area contributed by atoms with Gasteiger partial charge in [0, 0.05) is 0 Å². The van der Waals surface area contributed by atoms with Gasteiger partial charge in [-0.3, -0.25) is 19.0 Å². The summed E-state index contributed by atoms with van der Waals surface area (Å²) in [7, 11) is 1.11. The van der Waals surface area contributed by atoms with E-state index in [4.69, 9.17) is 4.74 Å². The Labute approximate surface area is 209 Å². The van der Waals surface area contributed by atoms with Crippen LogP contribution in [0.1, 0.15) is 13.8 Å². The lowest BCUT2D eigenvalue weighted by atomic mass is 9.99. The molecule has 1 atom stereocenters. The minimum atomic E-state index is -5.15. The van der Waals surface area contributed by atoms with Crippen molar-refractivity contribution in [1.29, 1.82) is 0 Å². The first kappa shape index (κ1) is 27.2. The lowest BCUT2D eigenvalue weighted by molar-refractivity contribution is -0.174. The highest BCUT2D eigenvalue weighted by molar-refractivity contribution is 5.95. The number of aromatic nitrogens is 3. The first-order valence-electron chi connectivity index (χ1n) is 11.0. The topological polar surface area (TPSA) is 126 Å². The van der Waals surface area contributed by atoms with Gasteiger partial charge in [-0.15, -0.1) is 0 Å². The van der Waals surface area contributed by atoms with Gasteiger partial charge in [0.1, 0.15) is 18.1 Å². The maximum Gasteiger partial charge on any atom is 0.452 e. The lowest BCUT2D eigenvalue weighted by Gasteiger charge is -2.24. The van der Waals surface area contributed by atoms with Gasteiger partial charge in [0.05, 0.1) is 31.4 Å². The molecule has 3 aromatic rings. The number of methoxy groups -OCH3 is 1.